The maximum Gasteiger partial charge on any atom is 0.352 e. The Kier molecular flexibility index (Phi) is 3.36. The summed E-state index contributed by atoms with van der Waals surface area (Å²) < 4.78 is 33.3. The van der Waals surface area contributed by atoms with E-state index in [1.54, 1.807) is 0 Å². The van der Waals surface area contributed by atoms with Crippen LogP contribution in [0, 0.1) is 0 Å². The number of fused-ring (bicyclic) bond motifs is 1. The number of hydrogen-bond acceptors (Lipinski definition) is 3. The van der Waals surface area contributed by atoms with Gasteiger partial charge in [-0.1, -0.05) is 18.2 Å². The predicted octanol–water partition coefficient (Wildman–Crippen LogP) is 1.66. The third-order valence-electron chi connectivity index (χ3n) is 4.25. The molecule has 0 spiro atoms. The minimum absolute atomic E-state index is 0.000810. The van der Waals surface area contributed by atoms with Crippen LogP contribution >= 0.6 is 0 Å². The summed E-state index contributed by atoms with van der Waals surface area (Å²) in [5.41, 5.74) is -1.18. The molecule has 1 aromatic rings. The summed E-state index contributed by atoms with van der Waals surface area (Å²) in [7, 11) is 0. The largest absolute Gasteiger partial charge is 0.488 e. The van der Waals surface area contributed by atoms with Crippen molar-refractivity contribution in [3.63, 3.8) is 0 Å². The van der Waals surface area contributed by atoms with Crippen LogP contribution in [0.4, 0.5) is 8.78 Å². The van der Waals surface area contributed by atoms with E-state index in [1.807, 2.05) is 24.3 Å². The lowest BCUT2D eigenvalue weighted by Crippen LogP contribution is -2.61. The minimum atomic E-state index is -3.75. The van der Waals surface area contributed by atoms with Gasteiger partial charge in [-0.3, -0.25) is 4.79 Å². The van der Waals surface area contributed by atoms with Gasteiger partial charge < -0.3 is 15.2 Å². The van der Waals surface area contributed by atoms with Crippen LogP contribution in [0.15, 0.2) is 24.3 Å². The summed E-state index contributed by atoms with van der Waals surface area (Å²) in [6.45, 7) is -0.000810. The summed E-state index contributed by atoms with van der Waals surface area (Å²) in [4.78, 5) is 11.7. The van der Waals surface area contributed by atoms with Gasteiger partial charge in [-0.25, -0.2) is 0 Å². The molecule has 0 radical (unpaired) electrons. The smallest absolute Gasteiger partial charge is 0.352 e. The van der Waals surface area contributed by atoms with Crippen LogP contribution in [0.5, 0.6) is 5.75 Å². The highest BCUT2D eigenvalue weighted by Gasteiger charge is 2.61. The molecule has 3 rings (SSSR count). The second-order valence-corrected chi connectivity index (χ2v) is 5.72. The van der Waals surface area contributed by atoms with Gasteiger partial charge in [0, 0.05) is 6.42 Å². The molecule has 2 aliphatic rings. The first-order valence-electron chi connectivity index (χ1n) is 7.05. The molecule has 6 heteroatoms. The minimum Gasteiger partial charge on any atom is -0.488 e. The zero-order valence-corrected chi connectivity index (χ0v) is 11.4. The summed E-state index contributed by atoms with van der Waals surface area (Å²) >= 11 is 0. The Morgan fingerprint density at radius 3 is 2.76 bits per heavy atom. The van der Waals surface area contributed by atoms with Gasteiger partial charge >= 0.3 is 5.92 Å². The van der Waals surface area contributed by atoms with E-state index in [9.17, 15) is 18.7 Å². The van der Waals surface area contributed by atoms with E-state index in [2.05, 4.69) is 5.32 Å². The molecule has 1 aromatic carbocycles. The molecule has 2 N–H and O–H groups in total. The molecular formula is C15H17F2NO3. The molecule has 114 valence electrons. The molecule has 1 aliphatic heterocycles. The van der Waals surface area contributed by atoms with Crippen LogP contribution in [0.3, 0.4) is 0 Å². The van der Waals surface area contributed by atoms with Crippen LogP contribution in [0.25, 0.3) is 0 Å². The van der Waals surface area contributed by atoms with Gasteiger partial charge in [-0.05, 0) is 30.9 Å². The van der Waals surface area contributed by atoms with Gasteiger partial charge in [-0.15, -0.1) is 0 Å². The lowest BCUT2D eigenvalue weighted by Gasteiger charge is -2.41. The second-order valence-electron chi connectivity index (χ2n) is 5.72. The van der Waals surface area contributed by atoms with E-state index in [4.69, 9.17) is 4.74 Å². The van der Waals surface area contributed by atoms with E-state index < -0.39 is 17.4 Å². The number of ether oxygens (including phenoxy) is 1. The van der Waals surface area contributed by atoms with Crippen molar-refractivity contribution in [1.29, 1.82) is 0 Å². The van der Waals surface area contributed by atoms with Crippen molar-refractivity contribution in [3.05, 3.63) is 29.8 Å². The third kappa shape index (κ3) is 2.37. The molecule has 1 amide bonds. The summed E-state index contributed by atoms with van der Waals surface area (Å²) in [5.74, 6) is -4.46. The van der Waals surface area contributed by atoms with E-state index >= 15 is 0 Å². The highest BCUT2D eigenvalue weighted by Crippen LogP contribution is 2.44. The molecule has 21 heavy (non-hydrogen) atoms. The number of para-hydroxylation sites is 1. The molecule has 0 bridgehead atoms. The van der Waals surface area contributed by atoms with Crippen LogP contribution < -0.4 is 10.1 Å². The number of rotatable bonds is 4. The number of halogens is 2. The van der Waals surface area contributed by atoms with Gasteiger partial charge in [-0.2, -0.15) is 8.78 Å². The van der Waals surface area contributed by atoms with Crippen LogP contribution in [0.1, 0.15) is 24.8 Å². The highest BCUT2D eigenvalue weighted by atomic mass is 19.3. The van der Waals surface area contributed by atoms with Crippen molar-refractivity contribution in [3.8, 4) is 5.75 Å². The zero-order valence-electron chi connectivity index (χ0n) is 11.4. The monoisotopic (exact) mass is 297 g/mol. The Bertz CT molecular complexity index is 533. The Labute approximate surface area is 121 Å². The molecule has 0 saturated heterocycles. The summed E-state index contributed by atoms with van der Waals surface area (Å²) in [6.07, 6.45) is 0.655. The Hall–Kier alpha value is -1.69. The van der Waals surface area contributed by atoms with Crippen molar-refractivity contribution < 1.29 is 23.4 Å². The number of amides is 1. The first-order valence-corrected chi connectivity index (χ1v) is 7.05. The molecule has 4 nitrogen and oxygen atoms in total. The average molecular weight is 297 g/mol. The van der Waals surface area contributed by atoms with Crippen LogP contribution in [-0.4, -0.2) is 35.2 Å². The maximum atomic E-state index is 13.9. The number of aliphatic hydroxyl groups is 1. The Morgan fingerprint density at radius 1 is 1.43 bits per heavy atom. The van der Waals surface area contributed by atoms with Gasteiger partial charge in [0.2, 0.25) is 0 Å². The lowest BCUT2D eigenvalue weighted by molar-refractivity contribution is -0.216. The van der Waals surface area contributed by atoms with Crippen molar-refractivity contribution >= 4 is 5.91 Å². The fourth-order valence-electron chi connectivity index (χ4n) is 2.72. The first-order chi connectivity index (χ1) is 9.92. The number of nitrogens with one attached hydrogen (secondary N) is 1. The van der Waals surface area contributed by atoms with Crippen molar-refractivity contribution in [1.82, 2.24) is 5.32 Å². The van der Waals surface area contributed by atoms with Gasteiger partial charge in [0.05, 0.1) is 6.54 Å². The quantitative estimate of drug-likeness (QED) is 0.888. The molecular weight excluding hydrogens is 280 g/mol. The highest BCUT2D eigenvalue weighted by molar-refractivity contribution is 5.85. The number of benzene rings is 1. The number of hydrogen-bond donors (Lipinski definition) is 2. The Morgan fingerprint density at radius 2 is 2.14 bits per heavy atom. The third-order valence-corrected chi connectivity index (χ3v) is 4.25. The molecule has 1 atom stereocenters. The summed E-state index contributed by atoms with van der Waals surface area (Å²) in [6, 6.07) is 7.43. The number of alkyl halides is 2. The molecule has 1 heterocycles. The predicted molar refractivity (Wildman–Crippen MR) is 71.3 cm³/mol. The van der Waals surface area contributed by atoms with Crippen LogP contribution in [-0.2, 0) is 11.2 Å². The topological polar surface area (TPSA) is 58.6 Å². The van der Waals surface area contributed by atoms with E-state index in [0.717, 1.165) is 11.3 Å². The molecule has 1 saturated carbocycles. The van der Waals surface area contributed by atoms with Gasteiger partial charge in [0.25, 0.3) is 5.91 Å². The first kappa shape index (κ1) is 14.3. The summed E-state index contributed by atoms with van der Waals surface area (Å²) in [5, 5.41) is 11.9. The maximum absolute atomic E-state index is 13.9. The van der Waals surface area contributed by atoms with Gasteiger partial charge in [0.15, 0.2) is 0 Å². The standard InChI is InChI=1S/C15H17F2NO3/c16-15(17,14(20)6-3-7-14)13(19)18-9-11-8-10-4-1-2-5-12(10)21-11/h1-2,4-5,11,20H,3,6-9H2,(H,18,19). The van der Waals surface area contributed by atoms with E-state index in [-0.39, 0.29) is 25.5 Å². The van der Waals surface area contributed by atoms with Crippen molar-refractivity contribution in [2.45, 2.75) is 43.3 Å². The van der Waals surface area contributed by atoms with E-state index in [0.29, 0.717) is 12.8 Å². The molecule has 1 fully saturated rings. The average Bonchev–Trinajstić information content (AvgIpc) is 2.84. The van der Waals surface area contributed by atoms with E-state index in [1.165, 1.54) is 0 Å². The molecule has 0 aromatic heterocycles. The Balaban J connectivity index is 1.56. The number of carbonyl (C=O) groups is 1. The van der Waals surface area contributed by atoms with Gasteiger partial charge in [0.1, 0.15) is 17.5 Å². The zero-order chi connectivity index (χ0) is 15.1. The lowest BCUT2D eigenvalue weighted by atomic mass is 9.75. The molecule has 1 unspecified atom stereocenters. The fourth-order valence-corrected chi connectivity index (χ4v) is 2.72. The second kappa shape index (κ2) is 4.94. The van der Waals surface area contributed by atoms with Crippen molar-refractivity contribution in [2.24, 2.45) is 0 Å². The molecule has 1 aliphatic carbocycles. The SMILES string of the molecule is O=C(NCC1Cc2ccccc2O1)C(F)(F)C1(O)CCC1. The van der Waals surface area contributed by atoms with Crippen molar-refractivity contribution in [2.75, 3.05) is 6.54 Å². The normalized spacial score (nSPS) is 22.9. The number of carbonyl (C=O) groups excluding carboxylic acids is 1. The van der Waals surface area contributed by atoms with Crippen LogP contribution in [0.2, 0.25) is 0 Å². The fraction of sp³-hybridized carbons (Fsp3) is 0.533.